The first kappa shape index (κ1) is 36.8. The highest BCUT2D eigenvalue weighted by atomic mass is 16.3. The summed E-state index contributed by atoms with van der Waals surface area (Å²) in [5.41, 5.74) is 9.81. The smallest absolute Gasteiger partial charge is 0.126 e. The minimum Gasteiger partial charge on any atom is -0.507 e. The van der Waals surface area contributed by atoms with Gasteiger partial charge in [-0.15, -0.1) is 0 Å². The molecule has 2 nitrogen and oxygen atoms in total. The average molecular weight is 697 g/mol. The Morgan fingerprint density at radius 2 is 0.615 bits per heavy atom. The molecule has 0 unspecified atom stereocenters. The Morgan fingerprint density at radius 3 is 0.942 bits per heavy atom. The van der Waals surface area contributed by atoms with Gasteiger partial charge in [0.25, 0.3) is 0 Å². The van der Waals surface area contributed by atoms with Crippen LogP contribution in [0.1, 0.15) is 187 Å². The minimum absolute atomic E-state index is 0.528. The number of rotatable bonds is 6. The third-order valence-electron chi connectivity index (χ3n) is 13.2. The van der Waals surface area contributed by atoms with Crippen LogP contribution in [0.2, 0.25) is 0 Å². The summed E-state index contributed by atoms with van der Waals surface area (Å²) < 4.78 is 0. The molecular weight excluding hydrogens is 633 g/mol. The van der Waals surface area contributed by atoms with Crippen molar-refractivity contribution in [3.63, 3.8) is 0 Å². The molecule has 52 heavy (non-hydrogen) atoms. The van der Waals surface area contributed by atoms with Gasteiger partial charge >= 0.3 is 0 Å². The van der Waals surface area contributed by atoms with E-state index in [0.29, 0.717) is 35.2 Å². The van der Waals surface area contributed by atoms with Crippen LogP contribution in [0.4, 0.5) is 0 Å². The molecule has 4 aliphatic carbocycles. The van der Waals surface area contributed by atoms with E-state index in [0.717, 1.165) is 22.3 Å². The van der Waals surface area contributed by atoms with Gasteiger partial charge in [0.1, 0.15) is 11.5 Å². The molecule has 4 aliphatic rings. The average Bonchev–Trinajstić information content (AvgIpc) is 3.66. The number of phenolic OH excluding ortho intramolecular Hbond substituents is 2. The van der Waals surface area contributed by atoms with Crippen molar-refractivity contribution in [1.82, 2.24) is 0 Å². The molecule has 4 aromatic carbocycles. The second-order valence-corrected chi connectivity index (χ2v) is 16.8. The Kier molecular flexibility index (Phi) is 13.1. The summed E-state index contributed by atoms with van der Waals surface area (Å²) >= 11 is 0. The summed E-state index contributed by atoms with van der Waals surface area (Å²) in [6, 6.07) is 30.3. The maximum absolute atomic E-state index is 11.3. The van der Waals surface area contributed by atoms with Gasteiger partial charge in [-0.1, -0.05) is 163 Å². The quantitative estimate of drug-likeness (QED) is 0.197. The molecule has 0 aliphatic heterocycles. The normalized spacial score (nSPS) is 20.0. The highest BCUT2D eigenvalue weighted by Crippen LogP contribution is 2.47. The van der Waals surface area contributed by atoms with Crippen molar-refractivity contribution in [2.75, 3.05) is 0 Å². The zero-order chi connectivity index (χ0) is 35.5. The van der Waals surface area contributed by atoms with Crippen LogP contribution in [0.25, 0.3) is 22.3 Å². The molecule has 0 radical (unpaired) electrons. The third-order valence-corrected chi connectivity index (χ3v) is 13.2. The summed E-state index contributed by atoms with van der Waals surface area (Å²) in [6.45, 7) is 0. The Hall–Kier alpha value is -3.52. The van der Waals surface area contributed by atoms with Gasteiger partial charge in [0.15, 0.2) is 0 Å². The first-order chi connectivity index (χ1) is 25.7. The van der Waals surface area contributed by atoms with Crippen LogP contribution in [0, 0.1) is 0 Å². The van der Waals surface area contributed by atoms with Crippen molar-refractivity contribution in [3.05, 3.63) is 107 Å². The number of benzene rings is 4. The van der Waals surface area contributed by atoms with Crippen LogP contribution in [-0.2, 0) is 0 Å². The first-order valence-corrected chi connectivity index (χ1v) is 21.5. The highest BCUT2D eigenvalue weighted by Gasteiger charge is 2.26. The van der Waals surface area contributed by atoms with E-state index in [9.17, 15) is 10.2 Å². The van der Waals surface area contributed by atoms with Gasteiger partial charge < -0.3 is 10.2 Å². The predicted molar refractivity (Wildman–Crippen MR) is 220 cm³/mol. The highest BCUT2D eigenvalue weighted by molar-refractivity contribution is 5.74. The zero-order valence-electron chi connectivity index (χ0n) is 31.8. The minimum atomic E-state index is 0.528. The molecular formula is C50H64O2. The van der Waals surface area contributed by atoms with E-state index in [4.69, 9.17) is 0 Å². The summed E-state index contributed by atoms with van der Waals surface area (Å²) in [7, 11) is 0. The van der Waals surface area contributed by atoms with Gasteiger partial charge in [0.2, 0.25) is 0 Å². The maximum atomic E-state index is 11.3. The number of hydrogen-bond acceptors (Lipinski definition) is 2. The van der Waals surface area contributed by atoms with Crippen molar-refractivity contribution in [2.24, 2.45) is 0 Å². The Balaban J connectivity index is 0.000000162. The molecule has 4 aromatic rings. The Morgan fingerprint density at radius 1 is 0.327 bits per heavy atom. The van der Waals surface area contributed by atoms with Gasteiger partial charge in [-0.2, -0.15) is 0 Å². The van der Waals surface area contributed by atoms with Crippen molar-refractivity contribution < 1.29 is 10.2 Å². The molecule has 0 bridgehead atoms. The number of hydrogen-bond donors (Lipinski definition) is 2. The van der Waals surface area contributed by atoms with Crippen LogP contribution in [0.5, 0.6) is 11.5 Å². The van der Waals surface area contributed by atoms with Gasteiger partial charge in [0.05, 0.1) is 0 Å². The van der Waals surface area contributed by atoms with E-state index >= 15 is 0 Å². The lowest BCUT2D eigenvalue weighted by Gasteiger charge is -2.28. The molecule has 0 aromatic heterocycles. The SMILES string of the molecule is Oc1c(-c2ccccc2)cc(C2CCCCC2)cc1C1CCCCC1.Oc1c(-c2ccccc2)cc(C2CCCCCC2)cc1C1CCCCCC1. The molecule has 8 rings (SSSR count). The Bertz CT molecular complexity index is 1660. The first-order valence-electron chi connectivity index (χ1n) is 21.5. The van der Waals surface area contributed by atoms with Gasteiger partial charge in [-0.25, -0.2) is 0 Å². The standard InChI is InChI=1S/C26H34O.C24H30O/c27-26-24(21-14-8-3-4-9-15-21)18-23(20-12-6-1-2-7-13-20)19-25(26)22-16-10-5-11-17-22;25-24-22(19-12-6-2-7-13-19)16-21(18-10-4-1-5-11-18)17-23(24)20-14-8-3-9-15-20/h5,10-11,16-21,27H,1-4,6-9,12-15H2;2,6-7,12-13,16-18,20,25H,1,3-5,8-11,14-15H2. The lowest BCUT2D eigenvalue weighted by atomic mass is 9.78. The fourth-order valence-corrected chi connectivity index (χ4v) is 10.2. The fourth-order valence-electron chi connectivity index (χ4n) is 10.2. The van der Waals surface area contributed by atoms with Crippen LogP contribution in [0.15, 0.2) is 84.9 Å². The molecule has 2 heteroatoms. The predicted octanol–water partition coefficient (Wildman–Crippen LogP) is 15.1. The molecule has 276 valence electrons. The van der Waals surface area contributed by atoms with Gasteiger partial charge in [0, 0.05) is 11.1 Å². The summed E-state index contributed by atoms with van der Waals surface area (Å²) in [5, 5.41) is 22.4. The van der Waals surface area contributed by atoms with Crippen molar-refractivity contribution in [1.29, 1.82) is 0 Å². The molecule has 2 N–H and O–H groups in total. The third kappa shape index (κ3) is 9.15. The van der Waals surface area contributed by atoms with E-state index in [2.05, 4.69) is 78.9 Å². The van der Waals surface area contributed by atoms with E-state index < -0.39 is 0 Å². The fraction of sp³-hybridized carbons (Fsp3) is 0.520. The van der Waals surface area contributed by atoms with Crippen LogP contribution in [0.3, 0.4) is 0 Å². The summed E-state index contributed by atoms with van der Waals surface area (Å²) in [5.74, 6) is 3.50. The van der Waals surface area contributed by atoms with E-state index in [1.54, 1.807) is 0 Å². The molecule has 4 saturated carbocycles. The molecule has 0 saturated heterocycles. The second-order valence-electron chi connectivity index (χ2n) is 16.8. The molecule has 0 atom stereocenters. The molecule has 0 heterocycles. The van der Waals surface area contributed by atoms with Crippen LogP contribution in [-0.4, -0.2) is 10.2 Å². The summed E-state index contributed by atoms with van der Waals surface area (Å²) in [4.78, 5) is 0. The molecule has 0 amide bonds. The van der Waals surface area contributed by atoms with E-state index in [1.807, 2.05) is 6.07 Å². The van der Waals surface area contributed by atoms with E-state index in [1.165, 1.54) is 164 Å². The van der Waals surface area contributed by atoms with Gasteiger partial charge in [-0.3, -0.25) is 0 Å². The lowest BCUT2D eigenvalue weighted by Crippen LogP contribution is -2.09. The summed E-state index contributed by atoms with van der Waals surface area (Å²) in [6.07, 6.45) is 29.0. The lowest BCUT2D eigenvalue weighted by molar-refractivity contribution is 0.411. The largest absolute Gasteiger partial charge is 0.507 e. The topological polar surface area (TPSA) is 40.5 Å². The van der Waals surface area contributed by atoms with E-state index in [-0.39, 0.29) is 0 Å². The van der Waals surface area contributed by atoms with Crippen molar-refractivity contribution in [3.8, 4) is 33.8 Å². The van der Waals surface area contributed by atoms with Crippen LogP contribution >= 0.6 is 0 Å². The zero-order valence-corrected chi connectivity index (χ0v) is 31.8. The maximum Gasteiger partial charge on any atom is 0.126 e. The number of phenols is 2. The van der Waals surface area contributed by atoms with Crippen molar-refractivity contribution >= 4 is 0 Å². The monoisotopic (exact) mass is 696 g/mol. The Labute approximate surface area is 315 Å². The van der Waals surface area contributed by atoms with Crippen LogP contribution < -0.4 is 0 Å². The molecule has 0 spiro atoms. The van der Waals surface area contributed by atoms with Gasteiger partial charge in [-0.05, 0) is 121 Å². The molecule has 4 fully saturated rings. The second kappa shape index (κ2) is 18.5. The number of aromatic hydroxyl groups is 2. The van der Waals surface area contributed by atoms with Crippen molar-refractivity contribution in [2.45, 2.75) is 165 Å².